The molecule has 14 heteroatoms. The van der Waals surface area contributed by atoms with Crippen LogP contribution in [0.2, 0.25) is 0 Å². The maximum absolute atomic E-state index is 15.8. The van der Waals surface area contributed by atoms with Gasteiger partial charge in [0.2, 0.25) is 0 Å². The molecule has 256 valence electrons. The van der Waals surface area contributed by atoms with Gasteiger partial charge in [-0.05, 0) is 75.2 Å². The normalized spacial score (nSPS) is 18.4. The summed E-state index contributed by atoms with van der Waals surface area (Å²) in [6, 6.07) is 15.1. The number of methoxy groups -OCH3 is 2. The summed E-state index contributed by atoms with van der Waals surface area (Å²) in [5, 5.41) is 0. The predicted octanol–water partition coefficient (Wildman–Crippen LogP) is 6.69. The van der Waals surface area contributed by atoms with Gasteiger partial charge < -0.3 is 19.1 Å². The molecule has 0 radical (unpaired) electrons. The second-order valence-electron chi connectivity index (χ2n) is 11.7. The number of likely N-dealkylation sites (N-methyl/N-ethyl adjacent to an activating group) is 1. The zero-order chi connectivity index (χ0) is 34.6. The molecule has 9 nitrogen and oxygen atoms in total. The lowest BCUT2D eigenvalue weighted by Crippen LogP contribution is -2.46. The first kappa shape index (κ1) is 34.9. The van der Waals surface area contributed by atoms with Gasteiger partial charge in [0.05, 0.1) is 26.3 Å². The molecule has 0 spiro atoms. The van der Waals surface area contributed by atoms with E-state index in [2.05, 4.69) is 9.97 Å². The maximum Gasteiger partial charge on any atom is 0.416 e. The van der Waals surface area contributed by atoms with Crippen molar-refractivity contribution < 1.29 is 40.2 Å². The summed E-state index contributed by atoms with van der Waals surface area (Å²) in [5.41, 5.74) is 0.402. The van der Waals surface area contributed by atoms with Crippen LogP contribution in [0, 0.1) is 5.82 Å². The van der Waals surface area contributed by atoms with Gasteiger partial charge in [-0.15, -0.1) is 0 Å². The van der Waals surface area contributed by atoms with Crippen LogP contribution in [-0.4, -0.2) is 63.7 Å². The SMILES string of the molecule is COc1ccc(CN(c2ccncn2)S(=O)(=O)c2ccc(O[C@H]3CC[C@H](c4cccc(C(F)(F)F)c4)C[C@@H]3N(C)C)cc2F)c(OC)c1. The van der Waals surface area contributed by atoms with E-state index in [1.165, 1.54) is 51.0 Å². The molecule has 48 heavy (non-hydrogen) atoms. The zero-order valence-corrected chi connectivity index (χ0v) is 27.6. The van der Waals surface area contributed by atoms with Crippen molar-refractivity contribution in [3.63, 3.8) is 0 Å². The average molecular weight is 689 g/mol. The summed E-state index contributed by atoms with van der Waals surface area (Å²) in [6.07, 6.45) is -0.689. The number of aromatic nitrogens is 2. The molecule has 1 fully saturated rings. The fourth-order valence-electron chi connectivity index (χ4n) is 5.99. The van der Waals surface area contributed by atoms with Crippen LogP contribution in [0.3, 0.4) is 0 Å². The third-order valence-corrected chi connectivity index (χ3v) is 10.3. The standard InChI is InChI=1S/C34H36F4N4O5S/c1-41(2)29-17-23(22-6-5-7-25(16-22)34(36,37)38)9-12-30(29)47-27-11-13-32(28(35)18-27)48(43,44)42(33-14-15-39-21-40-33)20-24-8-10-26(45-3)19-31(24)46-4/h5-8,10-11,13-16,18-19,21,23,29-30H,9,12,17,20H2,1-4H3/t23-,29-,30-/m0/s1. The van der Waals surface area contributed by atoms with Gasteiger partial charge in [-0.1, -0.05) is 18.2 Å². The van der Waals surface area contributed by atoms with Crippen LogP contribution in [0.25, 0.3) is 0 Å². The lowest BCUT2D eigenvalue weighted by Gasteiger charge is -2.40. The monoisotopic (exact) mass is 688 g/mol. The first-order valence-corrected chi connectivity index (χ1v) is 16.5. The van der Waals surface area contributed by atoms with Crippen LogP contribution in [-0.2, 0) is 22.7 Å². The summed E-state index contributed by atoms with van der Waals surface area (Å²) in [7, 11) is 2.13. The Kier molecular flexibility index (Phi) is 10.4. The van der Waals surface area contributed by atoms with E-state index in [0.29, 0.717) is 41.9 Å². The van der Waals surface area contributed by atoms with E-state index < -0.39 is 38.6 Å². The molecule has 0 saturated heterocycles. The van der Waals surface area contributed by atoms with Gasteiger partial charge >= 0.3 is 6.18 Å². The lowest BCUT2D eigenvalue weighted by atomic mass is 9.79. The molecule has 3 aromatic carbocycles. The highest BCUT2D eigenvalue weighted by Crippen LogP contribution is 2.39. The van der Waals surface area contributed by atoms with Crippen molar-refractivity contribution in [1.82, 2.24) is 14.9 Å². The lowest BCUT2D eigenvalue weighted by molar-refractivity contribution is -0.137. The number of rotatable bonds is 11. The molecule has 1 heterocycles. The number of anilines is 1. The number of hydrogen-bond donors (Lipinski definition) is 0. The molecule has 0 aliphatic heterocycles. The van der Waals surface area contributed by atoms with E-state index in [4.69, 9.17) is 14.2 Å². The van der Waals surface area contributed by atoms with Crippen molar-refractivity contribution in [2.24, 2.45) is 0 Å². The average Bonchev–Trinajstić information content (AvgIpc) is 3.07. The Hall–Kier alpha value is -4.43. The quantitative estimate of drug-likeness (QED) is 0.161. The second-order valence-corrected chi connectivity index (χ2v) is 13.5. The second kappa shape index (κ2) is 14.4. The van der Waals surface area contributed by atoms with E-state index in [1.807, 2.05) is 19.0 Å². The highest BCUT2D eigenvalue weighted by Gasteiger charge is 2.37. The van der Waals surface area contributed by atoms with Gasteiger partial charge in [-0.3, -0.25) is 0 Å². The van der Waals surface area contributed by atoms with Crippen molar-refractivity contribution in [2.75, 3.05) is 32.6 Å². The van der Waals surface area contributed by atoms with Gasteiger partial charge in [0.1, 0.15) is 46.2 Å². The Morgan fingerprint density at radius 3 is 2.35 bits per heavy atom. The minimum atomic E-state index is -4.51. The summed E-state index contributed by atoms with van der Waals surface area (Å²) in [5.74, 6) is -0.117. The van der Waals surface area contributed by atoms with Crippen LogP contribution in [0.5, 0.6) is 17.2 Å². The van der Waals surface area contributed by atoms with Crippen LogP contribution in [0.1, 0.15) is 41.9 Å². The van der Waals surface area contributed by atoms with Gasteiger partial charge in [0, 0.05) is 36.0 Å². The minimum absolute atomic E-state index is 0.0222. The number of hydrogen-bond acceptors (Lipinski definition) is 8. The Morgan fingerprint density at radius 1 is 0.938 bits per heavy atom. The molecule has 1 aromatic heterocycles. The Labute approximate surface area is 277 Å². The molecule has 0 bridgehead atoms. The van der Waals surface area contributed by atoms with Crippen molar-refractivity contribution in [2.45, 2.75) is 54.9 Å². The van der Waals surface area contributed by atoms with E-state index in [9.17, 15) is 21.6 Å². The third-order valence-electron chi connectivity index (χ3n) is 8.49. The smallest absolute Gasteiger partial charge is 0.416 e. The van der Waals surface area contributed by atoms with Crippen molar-refractivity contribution in [3.8, 4) is 17.2 Å². The predicted molar refractivity (Wildman–Crippen MR) is 171 cm³/mol. The Morgan fingerprint density at radius 2 is 1.71 bits per heavy atom. The molecule has 0 unspecified atom stereocenters. The van der Waals surface area contributed by atoms with Crippen molar-refractivity contribution >= 4 is 15.8 Å². The molecule has 5 rings (SSSR count). The largest absolute Gasteiger partial charge is 0.497 e. The number of alkyl halides is 3. The van der Waals surface area contributed by atoms with Gasteiger partial charge in [0.25, 0.3) is 10.0 Å². The zero-order valence-electron chi connectivity index (χ0n) is 26.8. The van der Waals surface area contributed by atoms with Crippen LogP contribution in [0.15, 0.2) is 84.1 Å². The van der Waals surface area contributed by atoms with E-state index in [0.717, 1.165) is 22.5 Å². The summed E-state index contributed by atoms with van der Waals surface area (Å²) in [4.78, 5) is 9.34. The van der Waals surface area contributed by atoms with Crippen LogP contribution >= 0.6 is 0 Å². The van der Waals surface area contributed by atoms with Gasteiger partial charge in [-0.2, -0.15) is 13.2 Å². The first-order chi connectivity index (χ1) is 22.8. The van der Waals surface area contributed by atoms with E-state index in [1.54, 1.807) is 24.3 Å². The highest BCUT2D eigenvalue weighted by molar-refractivity contribution is 7.92. The summed E-state index contributed by atoms with van der Waals surface area (Å²) >= 11 is 0. The summed E-state index contributed by atoms with van der Waals surface area (Å²) < 4.78 is 102. The van der Waals surface area contributed by atoms with Crippen molar-refractivity contribution in [1.29, 1.82) is 0 Å². The van der Waals surface area contributed by atoms with Gasteiger partial charge in [0.15, 0.2) is 0 Å². The molecule has 0 amide bonds. The minimum Gasteiger partial charge on any atom is -0.497 e. The number of sulfonamides is 1. The number of halogens is 4. The highest BCUT2D eigenvalue weighted by atomic mass is 32.2. The maximum atomic E-state index is 15.8. The first-order valence-electron chi connectivity index (χ1n) is 15.1. The Balaban J connectivity index is 1.38. The molecule has 0 N–H and O–H groups in total. The van der Waals surface area contributed by atoms with E-state index >= 15 is 4.39 Å². The molecule has 4 aromatic rings. The summed E-state index contributed by atoms with van der Waals surface area (Å²) in [6.45, 7) is -0.232. The third kappa shape index (κ3) is 7.65. The Bertz CT molecular complexity index is 1830. The molecular formula is C34H36F4N4O5S. The molecule has 1 saturated carbocycles. The van der Waals surface area contributed by atoms with Crippen LogP contribution in [0.4, 0.5) is 23.4 Å². The fraction of sp³-hybridized carbons (Fsp3) is 0.353. The number of ether oxygens (including phenoxy) is 3. The van der Waals surface area contributed by atoms with Crippen molar-refractivity contribution in [3.05, 3.63) is 102 Å². The van der Waals surface area contributed by atoms with Crippen LogP contribution < -0.4 is 18.5 Å². The molecule has 1 aliphatic carbocycles. The molecule has 3 atom stereocenters. The molecule has 1 aliphatic rings. The number of nitrogens with zero attached hydrogens (tertiary/aromatic N) is 4. The van der Waals surface area contributed by atoms with Gasteiger partial charge in [-0.25, -0.2) is 27.1 Å². The van der Waals surface area contributed by atoms with E-state index in [-0.39, 0.29) is 30.1 Å². The topological polar surface area (TPSA) is 94.1 Å². The number of benzene rings is 3. The fourth-order valence-corrected chi connectivity index (χ4v) is 7.43. The molecular weight excluding hydrogens is 652 g/mol.